The summed E-state index contributed by atoms with van der Waals surface area (Å²) in [5.41, 5.74) is 0.290. The molecular weight excluding hydrogens is 594 g/mol. The fraction of sp³-hybridized carbons (Fsp3) is 0.953. The van der Waals surface area contributed by atoms with Gasteiger partial charge in [-0.05, 0) is 114 Å². The monoisotopic (exact) mass is 676 g/mol. The zero-order valence-electron chi connectivity index (χ0n) is 32.5. The van der Waals surface area contributed by atoms with Crippen LogP contribution in [0.2, 0.25) is 0 Å². The first-order valence-corrected chi connectivity index (χ1v) is 21.5. The fourth-order valence-corrected chi connectivity index (χ4v) is 8.35. The van der Waals surface area contributed by atoms with E-state index in [1.807, 2.05) is 0 Å². The van der Waals surface area contributed by atoms with Crippen LogP contribution in [0.25, 0.3) is 0 Å². The van der Waals surface area contributed by atoms with E-state index >= 15 is 0 Å². The SMILES string of the molecule is CCCCCC(CCCCC)CCOC(=O)CCCCCCCN(CCCC)CCCCCCCCOC(=O)CC12CCC(CC1)CC2. The van der Waals surface area contributed by atoms with Gasteiger partial charge in [0.1, 0.15) is 0 Å². The van der Waals surface area contributed by atoms with Gasteiger partial charge in [-0.3, -0.25) is 9.59 Å². The second-order valence-electron chi connectivity index (χ2n) is 16.1. The Morgan fingerprint density at radius 1 is 0.562 bits per heavy atom. The largest absolute Gasteiger partial charge is 0.466 e. The molecule has 3 rings (SSSR count). The minimum Gasteiger partial charge on any atom is -0.466 e. The van der Waals surface area contributed by atoms with Gasteiger partial charge >= 0.3 is 11.9 Å². The molecule has 3 saturated carbocycles. The van der Waals surface area contributed by atoms with Gasteiger partial charge in [-0.1, -0.05) is 124 Å². The van der Waals surface area contributed by atoms with Crippen LogP contribution in [0.5, 0.6) is 0 Å². The Labute approximate surface area is 298 Å². The number of hydrogen-bond donors (Lipinski definition) is 0. The molecule has 0 radical (unpaired) electrons. The van der Waals surface area contributed by atoms with Crippen LogP contribution in [-0.4, -0.2) is 49.7 Å². The molecule has 0 aromatic heterocycles. The number of carbonyl (C=O) groups is 2. The lowest BCUT2D eigenvalue weighted by Crippen LogP contribution is -2.36. The molecular formula is C43H81NO4. The molecule has 5 heteroatoms. The van der Waals surface area contributed by atoms with E-state index in [0.29, 0.717) is 31.5 Å². The van der Waals surface area contributed by atoms with Gasteiger partial charge in [-0.15, -0.1) is 0 Å². The molecule has 48 heavy (non-hydrogen) atoms. The number of carbonyl (C=O) groups excluding carboxylic acids is 2. The van der Waals surface area contributed by atoms with Crippen LogP contribution >= 0.6 is 0 Å². The minimum absolute atomic E-state index is 0.0149. The molecule has 3 fully saturated rings. The molecule has 5 nitrogen and oxygen atoms in total. The third-order valence-corrected chi connectivity index (χ3v) is 11.8. The predicted octanol–water partition coefficient (Wildman–Crippen LogP) is 12.4. The number of fused-ring (bicyclic) bond motifs is 3. The molecule has 0 amide bonds. The normalized spacial score (nSPS) is 19.0. The van der Waals surface area contributed by atoms with E-state index in [1.165, 1.54) is 174 Å². The molecule has 2 bridgehead atoms. The van der Waals surface area contributed by atoms with Crippen molar-refractivity contribution in [1.82, 2.24) is 4.90 Å². The summed E-state index contributed by atoms with van der Waals surface area (Å²) in [5, 5.41) is 0. The number of nitrogens with zero attached hydrogens (tertiary/aromatic N) is 1. The summed E-state index contributed by atoms with van der Waals surface area (Å²) in [6, 6.07) is 0. The summed E-state index contributed by atoms with van der Waals surface area (Å²) >= 11 is 0. The smallest absolute Gasteiger partial charge is 0.306 e. The van der Waals surface area contributed by atoms with E-state index in [0.717, 1.165) is 37.5 Å². The average molecular weight is 676 g/mol. The molecule has 3 aliphatic rings. The lowest BCUT2D eigenvalue weighted by atomic mass is 9.59. The van der Waals surface area contributed by atoms with Gasteiger partial charge in [-0.2, -0.15) is 0 Å². The molecule has 0 unspecified atom stereocenters. The Bertz CT molecular complexity index is 753. The molecule has 0 atom stereocenters. The van der Waals surface area contributed by atoms with E-state index in [2.05, 4.69) is 25.7 Å². The van der Waals surface area contributed by atoms with Crippen molar-refractivity contribution in [2.24, 2.45) is 17.3 Å². The van der Waals surface area contributed by atoms with Crippen LogP contribution in [0.15, 0.2) is 0 Å². The highest BCUT2D eigenvalue weighted by molar-refractivity contribution is 5.70. The summed E-state index contributed by atoms with van der Waals surface area (Å²) < 4.78 is 11.3. The summed E-state index contributed by atoms with van der Waals surface area (Å²) in [6.07, 6.45) is 36.3. The summed E-state index contributed by atoms with van der Waals surface area (Å²) in [5.74, 6) is 1.75. The van der Waals surface area contributed by atoms with Crippen LogP contribution < -0.4 is 0 Å². The first-order chi connectivity index (χ1) is 23.5. The maximum atomic E-state index is 12.4. The zero-order chi connectivity index (χ0) is 34.5. The summed E-state index contributed by atoms with van der Waals surface area (Å²) in [4.78, 5) is 27.4. The van der Waals surface area contributed by atoms with E-state index in [1.54, 1.807) is 0 Å². The highest BCUT2D eigenvalue weighted by Crippen LogP contribution is 2.52. The Morgan fingerprint density at radius 3 is 1.65 bits per heavy atom. The summed E-state index contributed by atoms with van der Waals surface area (Å²) in [6.45, 7) is 11.7. The highest BCUT2D eigenvalue weighted by Gasteiger charge is 2.41. The molecule has 0 aromatic carbocycles. The lowest BCUT2D eigenvalue weighted by Gasteiger charge is -2.46. The zero-order valence-corrected chi connectivity index (χ0v) is 32.5. The molecule has 0 spiro atoms. The Kier molecular flexibility index (Phi) is 25.6. The Morgan fingerprint density at radius 2 is 1.06 bits per heavy atom. The molecule has 0 aromatic rings. The Balaban J connectivity index is 1.42. The van der Waals surface area contributed by atoms with Gasteiger partial charge in [0.2, 0.25) is 0 Å². The highest BCUT2D eigenvalue weighted by atomic mass is 16.5. The third kappa shape index (κ3) is 21.2. The van der Waals surface area contributed by atoms with Crippen LogP contribution in [0.4, 0.5) is 0 Å². The van der Waals surface area contributed by atoms with E-state index in [-0.39, 0.29) is 11.9 Å². The van der Waals surface area contributed by atoms with Crippen molar-refractivity contribution in [3.05, 3.63) is 0 Å². The average Bonchev–Trinajstić information content (AvgIpc) is 3.09. The molecule has 0 saturated heterocycles. The lowest BCUT2D eigenvalue weighted by molar-refractivity contribution is -0.148. The third-order valence-electron chi connectivity index (χ3n) is 11.8. The maximum Gasteiger partial charge on any atom is 0.306 e. The van der Waals surface area contributed by atoms with Crippen molar-refractivity contribution < 1.29 is 19.1 Å². The van der Waals surface area contributed by atoms with E-state index < -0.39 is 0 Å². The van der Waals surface area contributed by atoms with Crippen LogP contribution in [0.1, 0.15) is 213 Å². The minimum atomic E-state index is 0.0149. The second kappa shape index (κ2) is 28.6. The van der Waals surface area contributed by atoms with E-state index in [9.17, 15) is 9.59 Å². The molecule has 282 valence electrons. The van der Waals surface area contributed by atoms with E-state index in [4.69, 9.17) is 9.47 Å². The van der Waals surface area contributed by atoms with Crippen LogP contribution in [0.3, 0.4) is 0 Å². The first kappa shape index (κ1) is 43.1. The molecule has 3 aliphatic carbocycles. The number of rotatable bonds is 33. The Hall–Kier alpha value is -1.10. The van der Waals surface area contributed by atoms with Crippen LogP contribution in [0, 0.1) is 17.3 Å². The second-order valence-corrected chi connectivity index (χ2v) is 16.1. The number of unbranched alkanes of at least 4 members (excludes halogenated alkanes) is 14. The van der Waals surface area contributed by atoms with Crippen LogP contribution in [-0.2, 0) is 19.1 Å². The van der Waals surface area contributed by atoms with Gasteiger partial charge in [0, 0.05) is 6.42 Å². The van der Waals surface area contributed by atoms with Crippen molar-refractivity contribution in [2.45, 2.75) is 213 Å². The first-order valence-electron chi connectivity index (χ1n) is 21.5. The number of hydrogen-bond acceptors (Lipinski definition) is 5. The van der Waals surface area contributed by atoms with Gasteiger partial charge in [0.25, 0.3) is 0 Å². The van der Waals surface area contributed by atoms with Crippen molar-refractivity contribution in [3.8, 4) is 0 Å². The molecule has 0 aliphatic heterocycles. The van der Waals surface area contributed by atoms with Gasteiger partial charge < -0.3 is 14.4 Å². The standard InChI is InChI=1S/C43H81NO4/c1-4-7-17-23-39(24-18-8-5-2)29-37-48-41(45)25-19-13-12-15-21-35-44(33-9-6-3)34-20-14-10-11-16-22-36-47-42(46)38-43-30-26-40(27-31-43)28-32-43/h39-40H,4-38H2,1-3H3. The van der Waals surface area contributed by atoms with Gasteiger partial charge in [-0.25, -0.2) is 0 Å². The van der Waals surface area contributed by atoms with Gasteiger partial charge in [0.05, 0.1) is 19.6 Å². The quantitative estimate of drug-likeness (QED) is 0.0512. The predicted molar refractivity (Wildman–Crippen MR) is 203 cm³/mol. The van der Waals surface area contributed by atoms with Crippen molar-refractivity contribution in [3.63, 3.8) is 0 Å². The number of ether oxygens (including phenoxy) is 2. The number of esters is 2. The fourth-order valence-electron chi connectivity index (χ4n) is 8.35. The summed E-state index contributed by atoms with van der Waals surface area (Å²) in [7, 11) is 0. The molecule has 0 N–H and O–H groups in total. The topological polar surface area (TPSA) is 55.8 Å². The van der Waals surface area contributed by atoms with Crippen molar-refractivity contribution >= 4 is 11.9 Å². The molecule has 0 heterocycles. The van der Waals surface area contributed by atoms with Crippen molar-refractivity contribution in [1.29, 1.82) is 0 Å². The van der Waals surface area contributed by atoms with Gasteiger partial charge in [0.15, 0.2) is 0 Å². The van der Waals surface area contributed by atoms with Crippen molar-refractivity contribution in [2.75, 3.05) is 32.8 Å². The maximum absolute atomic E-state index is 12.4.